The fourth-order valence-corrected chi connectivity index (χ4v) is 3.30. The lowest BCUT2D eigenvalue weighted by molar-refractivity contribution is -0.123. The number of carbonyl (C=O) groups is 1. The minimum atomic E-state index is -0.404. The molecule has 1 fully saturated rings. The molecule has 20 heavy (non-hydrogen) atoms. The van der Waals surface area contributed by atoms with Crippen molar-refractivity contribution in [2.75, 3.05) is 6.61 Å². The Balaban J connectivity index is 1.99. The second-order valence-electron chi connectivity index (χ2n) is 6.35. The van der Waals surface area contributed by atoms with E-state index >= 15 is 0 Å². The highest BCUT2D eigenvalue weighted by molar-refractivity contribution is 5.79. The molecule has 0 saturated heterocycles. The van der Waals surface area contributed by atoms with Crippen LogP contribution in [0.4, 0.5) is 0 Å². The van der Waals surface area contributed by atoms with Gasteiger partial charge in [-0.2, -0.15) is 0 Å². The smallest absolute Gasteiger partial charge is 0.224 e. The van der Waals surface area contributed by atoms with Crippen LogP contribution in [0.1, 0.15) is 43.7 Å². The molecule has 2 unspecified atom stereocenters. The molecule has 0 spiro atoms. The Morgan fingerprint density at radius 3 is 2.95 bits per heavy atom. The summed E-state index contributed by atoms with van der Waals surface area (Å²) in [6.07, 6.45) is 4.41. The van der Waals surface area contributed by atoms with Gasteiger partial charge in [-0.3, -0.25) is 4.79 Å². The van der Waals surface area contributed by atoms with E-state index in [1.165, 1.54) is 12.0 Å². The van der Waals surface area contributed by atoms with E-state index in [9.17, 15) is 9.90 Å². The fourth-order valence-electron chi connectivity index (χ4n) is 3.30. The summed E-state index contributed by atoms with van der Waals surface area (Å²) in [7, 11) is 0. The van der Waals surface area contributed by atoms with E-state index in [2.05, 4.69) is 12.2 Å². The molecule has 3 nitrogen and oxygen atoms in total. The second-order valence-corrected chi connectivity index (χ2v) is 6.35. The molecule has 110 valence electrons. The molecule has 2 rings (SSSR count). The van der Waals surface area contributed by atoms with Crippen molar-refractivity contribution in [2.24, 2.45) is 5.92 Å². The van der Waals surface area contributed by atoms with Crippen molar-refractivity contribution >= 4 is 5.91 Å². The summed E-state index contributed by atoms with van der Waals surface area (Å²) in [4.78, 5) is 12.2. The number of rotatable bonds is 4. The second kappa shape index (κ2) is 6.40. The van der Waals surface area contributed by atoms with Gasteiger partial charge < -0.3 is 10.4 Å². The zero-order valence-corrected chi connectivity index (χ0v) is 12.5. The summed E-state index contributed by atoms with van der Waals surface area (Å²) < 4.78 is 0. The Labute approximate surface area is 121 Å². The Kier molecular flexibility index (Phi) is 4.81. The Hall–Kier alpha value is -1.35. The first-order chi connectivity index (χ1) is 9.53. The van der Waals surface area contributed by atoms with Crippen LogP contribution in [0.2, 0.25) is 0 Å². The van der Waals surface area contributed by atoms with E-state index in [4.69, 9.17) is 0 Å². The van der Waals surface area contributed by atoms with Crippen LogP contribution in [0.3, 0.4) is 0 Å². The molecule has 2 N–H and O–H groups in total. The minimum Gasteiger partial charge on any atom is -0.394 e. The first-order valence-electron chi connectivity index (χ1n) is 7.50. The number of hydrogen-bond donors (Lipinski definition) is 2. The highest BCUT2D eigenvalue weighted by Crippen LogP contribution is 2.32. The summed E-state index contributed by atoms with van der Waals surface area (Å²) in [5, 5.41) is 12.8. The van der Waals surface area contributed by atoms with Crippen LogP contribution in [0.15, 0.2) is 24.3 Å². The molecule has 0 aliphatic heterocycles. The van der Waals surface area contributed by atoms with Gasteiger partial charge in [-0.15, -0.1) is 0 Å². The van der Waals surface area contributed by atoms with Gasteiger partial charge in [-0.05, 0) is 31.2 Å². The molecule has 3 heteroatoms. The quantitative estimate of drug-likeness (QED) is 0.887. The van der Waals surface area contributed by atoms with Gasteiger partial charge in [-0.1, -0.05) is 49.6 Å². The lowest BCUT2D eigenvalue weighted by Gasteiger charge is -2.39. The average Bonchev–Trinajstić information content (AvgIpc) is 2.38. The van der Waals surface area contributed by atoms with Gasteiger partial charge in [0.1, 0.15) is 0 Å². The summed E-state index contributed by atoms with van der Waals surface area (Å²) in [5.41, 5.74) is 1.79. The lowest BCUT2D eigenvalue weighted by Crippen LogP contribution is -2.54. The third kappa shape index (κ3) is 3.83. The van der Waals surface area contributed by atoms with Crippen molar-refractivity contribution in [3.8, 4) is 0 Å². The highest BCUT2D eigenvalue weighted by Gasteiger charge is 2.35. The molecule has 1 amide bonds. The number of aryl methyl sites for hydroxylation is 1. The van der Waals surface area contributed by atoms with Crippen LogP contribution in [-0.4, -0.2) is 23.2 Å². The Morgan fingerprint density at radius 2 is 2.30 bits per heavy atom. The number of nitrogens with one attached hydrogen (secondary N) is 1. The zero-order valence-electron chi connectivity index (χ0n) is 12.5. The van der Waals surface area contributed by atoms with E-state index in [0.29, 0.717) is 12.3 Å². The van der Waals surface area contributed by atoms with Gasteiger partial charge >= 0.3 is 0 Å². The third-order valence-corrected chi connectivity index (χ3v) is 4.25. The zero-order chi connectivity index (χ0) is 14.6. The molecular formula is C17H25NO2. The van der Waals surface area contributed by atoms with Gasteiger partial charge in [0.2, 0.25) is 5.91 Å². The van der Waals surface area contributed by atoms with Gasteiger partial charge in [0.25, 0.3) is 0 Å². The Morgan fingerprint density at radius 1 is 1.50 bits per heavy atom. The minimum absolute atomic E-state index is 0.0127. The lowest BCUT2D eigenvalue weighted by atomic mass is 9.76. The molecule has 1 aliphatic rings. The third-order valence-electron chi connectivity index (χ3n) is 4.25. The highest BCUT2D eigenvalue weighted by atomic mass is 16.3. The normalized spacial score (nSPS) is 26.2. The predicted octanol–water partition coefficient (Wildman–Crippen LogP) is 2.59. The van der Waals surface area contributed by atoms with Crippen molar-refractivity contribution in [3.05, 3.63) is 35.4 Å². The molecule has 0 bridgehead atoms. The van der Waals surface area contributed by atoms with E-state index < -0.39 is 5.54 Å². The molecule has 0 aromatic heterocycles. The molecule has 1 saturated carbocycles. The van der Waals surface area contributed by atoms with Crippen LogP contribution < -0.4 is 5.32 Å². The maximum absolute atomic E-state index is 12.2. The van der Waals surface area contributed by atoms with Crippen LogP contribution in [-0.2, 0) is 11.2 Å². The van der Waals surface area contributed by atoms with E-state index in [1.807, 2.05) is 31.2 Å². The van der Waals surface area contributed by atoms with E-state index in [0.717, 1.165) is 24.8 Å². The largest absolute Gasteiger partial charge is 0.394 e. The first-order valence-corrected chi connectivity index (χ1v) is 7.50. The van der Waals surface area contributed by atoms with Crippen molar-refractivity contribution in [3.63, 3.8) is 0 Å². The molecule has 1 aromatic carbocycles. The molecule has 0 radical (unpaired) electrons. The monoisotopic (exact) mass is 275 g/mol. The van der Waals surface area contributed by atoms with Crippen molar-refractivity contribution < 1.29 is 9.90 Å². The topological polar surface area (TPSA) is 49.3 Å². The van der Waals surface area contributed by atoms with Crippen molar-refractivity contribution in [1.82, 2.24) is 5.32 Å². The predicted molar refractivity (Wildman–Crippen MR) is 80.5 cm³/mol. The maximum atomic E-state index is 12.2. The number of benzene rings is 1. The molecule has 0 heterocycles. The molecule has 1 aliphatic carbocycles. The summed E-state index contributed by atoms with van der Waals surface area (Å²) in [6, 6.07) is 8.01. The number of amides is 1. The van der Waals surface area contributed by atoms with Gasteiger partial charge in [0, 0.05) is 0 Å². The van der Waals surface area contributed by atoms with Crippen LogP contribution in [0, 0.1) is 12.8 Å². The van der Waals surface area contributed by atoms with Crippen molar-refractivity contribution in [1.29, 1.82) is 0 Å². The number of aliphatic hydroxyl groups excluding tert-OH is 1. The number of aliphatic hydroxyl groups is 1. The summed E-state index contributed by atoms with van der Waals surface area (Å²) in [5.74, 6) is 0.578. The van der Waals surface area contributed by atoms with Crippen LogP contribution in [0.5, 0.6) is 0 Å². The number of hydrogen-bond acceptors (Lipinski definition) is 2. The summed E-state index contributed by atoms with van der Waals surface area (Å²) in [6.45, 7) is 4.26. The molecular weight excluding hydrogens is 250 g/mol. The van der Waals surface area contributed by atoms with Crippen molar-refractivity contribution in [2.45, 2.75) is 51.5 Å². The van der Waals surface area contributed by atoms with Gasteiger partial charge in [0.15, 0.2) is 0 Å². The number of carbonyl (C=O) groups excluding carboxylic acids is 1. The van der Waals surface area contributed by atoms with Crippen LogP contribution >= 0.6 is 0 Å². The SMILES string of the molecule is Cc1cccc(CC(=O)NC2(CO)CCCC(C)C2)c1. The van der Waals surface area contributed by atoms with E-state index in [1.54, 1.807) is 0 Å². The molecule has 1 aromatic rings. The average molecular weight is 275 g/mol. The van der Waals surface area contributed by atoms with Crippen LogP contribution in [0.25, 0.3) is 0 Å². The first kappa shape index (κ1) is 15.0. The van der Waals surface area contributed by atoms with E-state index in [-0.39, 0.29) is 12.5 Å². The standard InChI is InChI=1S/C17H25NO2/c1-13-5-3-7-15(9-13)10-16(20)18-17(12-19)8-4-6-14(2)11-17/h3,5,7,9,14,19H,4,6,8,10-12H2,1-2H3,(H,18,20). The fraction of sp³-hybridized carbons (Fsp3) is 0.588. The van der Waals surface area contributed by atoms with Gasteiger partial charge in [0.05, 0.1) is 18.6 Å². The molecule has 2 atom stereocenters. The maximum Gasteiger partial charge on any atom is 0.224 e. The Bertz CT molecular complexity index is 472. The summed E-state index contributed by atoms with van der Waals surface area (Å²) >= 11 is 0. The van der Waals surface area contributed by atoms with Gasteiger partial charge in [-0.25, -0.2) is 0 Å².